The number of benzene rings is 1. The molecule has 0 aliphatic rings. The van der Waals surface area contributed by atoms with E-state index in [4.69, 9.17) is 4.74 Å². The smallest absolute Gasteiger partial charge is 0.418 e. The average Bonchev–Trinajstić information content (AvgIpc) is 3.54. The molecule has 0 aliphatic heterocycles. The highest BCUT2D eigenvalue weighted by Gasteiger charge is 2.14. The first-order valence-electron chi connectivity index (χ1n) is 10.8. The van der Waals surface area contributed by atoms with Crippen molar-refractivity contribution in [1.29, 1.82) is 0 Å². The number of rotatable bonds is 10. The summed E-state index contributed by atoms with van der Waals surface area (Å²) in [5.74, 6) is 4.73. The Morgan fingerprint density at radius 3 is 2.74 bits per heavy atom. The molecular formula is C23H25N7O3S2. The van der Waals surface area contributed by atoms with E-state index in [0.29, 0.717) is 35.4 Å². The fraction of sp³-hybridized carbons (Fsp3) is 0.174. The molecule has 0 saturated heterocycles. The number of carbonyl (C=O) groups excluding carboxylic acids is 1. The van der Waals surface area contributed by atoms with Gasteiger partial charge < -0.3 is 15.4 Å². The van der Waals surface area contributed by atoms with Crippen molar-refractivity contribution in [3.8, 4) is 10.4 Å². The summed E-state index contributed by atoms with van der Waals surface area (Å²) in [7, 11) is -3.04. The van der Waals surface area contributed by atoms with E-state index in [9.17, 15) is 9.00 Å². The molecule has 4 aromatic rings. The molecule has 3 heterocycles. The predicted octanol–water partition coefficient (Wildman–Crippen LogP) is 3.99. The Kier molecular flexibility index (Phi) is 7.63. The quantitative estimate of drug-likeness (QED) is 0.273. The van der Waals surface area contributed by atoms with Gasteiger partial charge in [-0.3, -0.25) is 4.68 Å². The number of amides is 1. The summed E-state index contributed by atoms with van der Waals surface area (Å²) >= 11 is 1.61. The van der Waals surface area contributed by atoms with E-state index in [0.717, 1.165) is 10.4 Å². The van der Waals surface area contributed by atoms with Crippen molar-refractivity contribution in [3.05, 3.63) is 66.4 Å². The van der Waals surface area contributed by atoms with E-state index in [2.05, 4.69) is 36.3 Å². The second kappa shape index (κ2) is 11.0. The van der Waals surface area contributed by atoms with Crippen LogP contribution in [0, 0.1) is 0 Å². The number of ether oxygens (including phenoxy) is 1. The number of thiophene rings is 1. The van der Waals surface area contributed by atoms with E-state index in [-0.39, 0.29) is 6.61 Å². The van der Waals surface area contributed by atoms with Gasteiger partial charge in [0.05, 0.1) is 28.4 Å². The molecule has 1 atom stereocenters. The molecule has 0 fully saturated rings. The molecule has 0 radical (unpaired) electrons. The van der Waals surface area contributed by atoms with Crippen LogP contribution in [0.25, 0.3) is 10.4 Å². The van der Waals surface area contributed by atoms with Gasteiger partial charge >= 0.3 is 6.09 Å². The molecule has 182 valence electrons. The van der Waals surface area contributed by atoms with Crippen LogP contribution < -0.4 is 15.4 Å². The summed E-state index contributed by atoms with van der Waals surface area (Å²) in [5.41, 5.74) is 1.59. The van der Waals surface area contributed by atoms with Crippen LogP contribution in [0.15, 0.2) is 71.3 Å². The summed E-state index contributed by atoms with van der Waals surface area (Å²) < 4.78 is 21.7. The molecule has 0 bridgehead atoms. The monoisotopic (exact) mass is 511 g/mol. The van der Waals surface area contributed by atoms with Gasteiger partial charge in [0.1, 0.15) is 5.82 Å². The Bertz CT molecular complexity index is 1350. The number of nitrogens with one attached hydrogen (secondary N) is 3. The molecular weight excluding hydrogens is 486 g/mol. The predicted molar refractivity (Wildman–Crippen MR) is 139 cm³/mol. The fourth-order valence-corrected chi connectivity index (χ4v) is 4.91. The Balaban J connectivity index is 1.49. The first kappa shape index (κ1) is 24.2. The average molecular weight is 512 g/mol. The Morgan fingerprint density at radius 2 is 2.06 bits per heavy atom. The third kappa shape index (κ3) is 6.37. The number of hydrogen-bond acceptors (Lipinski definition) is 9. The summed E-state index contributed by atoms with van der Waals surface area (Å²) in [5, 5.41) is 12.8. The van der Waals surface area contributed by atoms with Gasteiger partial charge in [-0.2, -0.15) is 10.1 Å². The molecule has 0 saturated carbocycles. The lowest BCUT2D eigenvalue weighted by Gasteiger charge is -2.14. The van der Waals surface area contributed by atoms with Crippen molar-refractivity contribution < 1.29 is 13.7 Å². The van der Waals surface area contributed by atoms with E-state index in [1.165, 1.54) is 0 Å². The number of aromatic nitrogens is 4. The van der Waals surface area contributed by atoms with Gasteiger partial charge in [-0.25, -0.2) is 18.7 Å². The van der Waals surface area contributed by atoms with Crippen LogP contribution in [0.4, 0.5) is 22.2 Å². The lowest BCUT2D eigenvalue weighted by atomic mass is 10.2. The van der Waals surface area contributed by atoms with Crippen molar-refractivity contribution in [3.63, 3.8) is 0 Å². The highest BCUT2D eigenvalue weighted by atomic mass is 32.2. The minimum atomic E-state index is -3.04. The molecule has 1 amide bonds. The largest absolute Gasteiger partial charge is 0.449 e. The second-order valence-electron chi connectivity index (χ2n) is 7.28. The molecule has 12 heteroatoms. The third-order valence-corrected chi connectivity index (χ3v) is 7.22. The summed E-state index contributed by atoms with van der Waals surface area (Å²) in [6.07, 6.45) is 4.65. The van der Waals surface area contributed by atoms with Gasteiger partial charge in [-0.05, 0) is 54.6 Å². The lowest BCUT2D eigenvalue weighted by Crippen LogP contribution is -2.30. The molecule has 0 aliphatic carbocycles. The normalized spacial score (nSPS) is 12.5. The van der Waals surface area contributed by atoms with Gasteiger partial charge in [-0.1, -0.05) is 6.07 Å². The van der Waals surface area contributed by atoms with Crippen LogP contribution in [-0.4, -0.2) is 49.1 Å². The molecule has 3 N–H and O–H groups in total. The Morgan fingerprint density at radius 1 is 1.23 bits per heavy atom. The minimum Gasteiger partial charge on any atom is -0.449 e. The molecule has 0 spiro atoms. The SMILES string of the molecule is C=S(=O)(NC(=O)OCC)c1ccc(Nc2ncc(-c3cccs3)c(NCCn3cccn3)n2)cc1. The van der Waals surface area contributed by atoms with Crippen LogP contribution in [0.2, 0.25) is 0 Å². The maximum atomic E-state index is 12.7. The standard InChI is InChI=1S/C23H25N7O3S2/c1-3-33-23(31)29-35(2,32)18-9-7-17(8-10-18)27-22-25-16-19(20-6-4-15-34-20)21(28-22)24-12-14-30-13-5-11-26-30/h4-11,13,15-16H,2-3,12,14H2,1H3,(H,29,31,32)(H2,24,25,27,28). The van der Waals surface area contributed by atoms with Crippen LogP contribution in [0.5, 0.6) is 0 Å². The van der Waals surface area contributed by atoms with E-state index in [1.54, 1.807) is 54.9 Å². The number of anilines is 3. The Hall–Kier alpha value is -3.90. The van der Waals surface area contributed by atoms with Crippen LogP contribution in [0.1, 0.15) is 6.92 Å². The molecule has 3 aromatic heterocycles. The highest BCUT2D eigenvalue weighted by molar-refractivity contribution is 7.99. The van der Waals surface area contributed by atoms with E-state index < -0.39 is 15.8 Å². The van der Waals surface area contributed by atoms with Gasteiger partial charge in [0.15, 0.2) is 0 Å². The number of carbonyl (C=O) groups is 1. The second-order valence-corrected chi connectivity index (χ2v) is 10.3. The zero-order chi connectivity index (χ0) is 24.7. The summed E-state index contributed by atoms with van der Waals surface area (Å²) in [4.78, 5) is 22.2. The van der Waals surface area contributed by atoms with Crippen molar-refractivity contribution >= 4 is 50.5 Å². The maximum absolute atomic E-state index is 12.7. The topological polar surface area (TPSA) is 123 Å². The molecule has 4 rings (SSSR count). The first-order valence-corrected chi connectivity index (χ1v) is 13.4. The highest BCUT2D eigenvalue weighted by Crippen LogP contribution is 2.31. The Labute approximate surface area is 207 Å². The van der Waals surface area contributed by atoms with E-state index in [1.807, 2.05) is 34.5 Å². The molecule has 1 unspecified atom stereocenters. The van der Waals surface area contributed by atoms with Crippen LogP contribution in [0.3, 0.4) is 0 Å². The van der Waals surface area contributed by atoms with Crippen molar-refractivity contribution in [2.45, 2.75) is 18.4 Å². The first-order chi connectivity index (χ1) is 16.9. The molecule has 1 aromatic carbocycles. The zero-order valence-electron chi connectivity index (χ0n) is 19.0. The lowest BCUT2D eigenvalue weighted by molar-refractivity contribution is 0.159. The zero-order valence-corrected chi connectivity index (χ0v) is 20.6. The van der Waals surface area contributed by atoms with Crippen molar-refractivity contribution in [1.82, 2.24) is 24.5 Å². The maximum Gasteiger partial charge on any atom is 0.418 e. The minimum absolute atomic E-state index is 0.176. The third-order valence-electron chi connectivity index (χ3n) is 4.78. The molecule has 35 heavy (non-hydrogen) atoms. The summed E-state index contributed by atoms with van der Waals surface area (Å²) in [6.45, 7) is 3.17. The van der Waals surface area contributed by atoms with Gasteiger partial charge in [-0.15, -0.1) is 11.3 Å². The molecule has 10 nitrogen and oxygen atoms in total. The van der Waals surface area contributed by atoms with Gasteiger partial charge in [0, 0.05) is 40.6 Å². The van der Waals surface area contributed by atoms with Crippen LogP contribution in [-0.2, 0) is 21.0 Å². The van der Waals surface area contributed by atoms with Crippen molar-refractivity contribution in [2.75, 3.05) is 23.8 Å². The van der Waals surface area contributed by atoms with E-state index >= 15 is 0 Å². The number of nitrogens with zero attached hydrogens (tertiary/aromatic N) is 4. The van der Waals surface area contributed by atoms with Gasteiger partial charge in [0.25, 0.3) is 0 Å². The van der Waals surface area contributed by atoms with Gasteiger partial charge in [0.2, 0.25) is 5.95 Å². The fourth-order valence-electron chi connectivity index (χ4n) is 3.15. The number of hydrogen-bond donors (Lipinski definition) is 3. The van der Waals surface area contributed by atoms with Crippen LogP contribution >= 0.6 is 11.3 Å². The van der Waals surface area contributed by atoms with Crippen molar-refractivity contribution in [2.24, 2.45) is 0 Å². The summed E-state index contributed by atoms with van der Waals surface area (Å²) in [6, 6.07) is 12.6.